The van der Waals surface area contributed by atoms with E-state index in [4.69, 9.17) is 10.00 Å². The minimum atomic E-state index is -0.921. The van der Waals surface area contributed by atoms with Crippen LogP contribution in [0.1, 0.15) is 26.5 Å². The molecule has 0 radical (unpaired) electrons. The van der Waals surface area contributed by atoms with Crippen LogP contribution in [0.15, 0.2) is 29.2 Å². The van der Waals surface area contributed by atoms with Crippen molar-refractivity contribution in [2.75, 3.05) is 4.90 Å². The Morgan fingerprint density at radius 2 is 2.07 bits per heavy atom. The number of anilines is 2. The lowest BCUT2D eigenvalue weighted by atomic mass is 10.2. The van der Waals surface area contributed by atoms with Gasteiger partial charge in [-0.05, 0) is 32.1 Å². The molecule has 0 atom stereocenters. The first-order valence-electron chi connectivity index (χ1n) is 7.77. The number of benzene rings is 1. The first-order valence-corrected chi connectivity index (χ1v) is 8.65. The van der Waals surface area contributed by atoms with Crippen molar-refractivity contribution in [2.24, 2.45) is 0 Å². The fraction of sp³-hybridized carbons (Fsp3) is 0.222. The molecule has 1 aromatic heterocycles. The molecule has 0 N–H and O–H groups in total. The number of esters is 1. The highest BCUT2D eigenvalue weighted by Crippen LogP contribution is 2.31. The number of hydrogen-bond donors (Lipinski definition) is 0. The van der Waals surface area contributed by atoms with Crippen molar-refractivity contribution < 1.29 is 23.1 Å². The molecule has 1 aromatic carbocycles. The van der Waals surface area contributed by atoms with Crippen LogP contribution < -0.4 is 4.90 Å². The molecule has 0 aliphatic rings. The lowest BCUT2D eigenvalue weighted by molar-refractivity contribution is -0.142. The van der Waals surface area contributed by atoms with E-state index in [1.54, 1.807) is 19.9 Å². The van der Waals surface area contributed by atoms with Crippen LogP contribution in [0.2, 0.25) is 0 Å². The second-order valence-electron chi connectivity index (χ2n) is 5.63. The van der Waals surface area contributed by atoms with Gasteiger partial charge in [0, 0.05) is 18.4 Å². The number of rotatable bonds is 5. The van der Waals surface area contributed by atoms with Crippen LogP contribution in [0.5, 0.6) is 0 Å². The Balaban J connectivity index is 2.39. The van der Waals surface area contributed by atoms with Crippen LogP contribution in [-0.4, -0.2) is 23.0 Å². The summed E-state index contributed by atoms with van der Waals surface area (Å²) in [6.45, 7) is 4.51. The number of carbonyl (C=O) groups is 2. The predicted molar refractivity (Wildman–Crippen MR) is 96.1 cm³/mol. The van der Waals surface area contributed by atoms with Crippen molar-refractivity contribution in [1.82, 2.24) is 4.98 Å². The second kappa shape index (κ2) is 8.51. The maximum absolute atomic E-state index is 14.1. The zero-order chi connectivity index (χ0) is 20.1. The van der Waals surface area contributed by atoms with Crippen LogP contribution in [0.3, 0.4) is 0 Å². The number of thiazole rings is 1. The molecule has 0 spiro atoms. The summed E-state index contributed by atoms with van der Waals surface area (Å²) in [7, 11) is 0. The van der Waals surface area contributed by atoms with Crippen LogP contribution in [-0.2, 0) is 14.3 Å². The van der Waals surface area contributed by atoms with E-state index in [2.05, 4.69) is 4.98 Å². The maximum Gasteiger partial charge on any atom is 0.349 e. The number of hydrogen-bond acceptors (Lipinski definition) is 6. The van der Waals surface area contributed by atoms with E-state index in [9.17, 15) is 18.4 Å². The summed E-state index contributed by atoms with van der Waals surface area (Å²) in [5, 5.41) is 10.7. The lowest BCUT2D eigenvalue weighted by Gasteiger charge is -2.18. The smallest absolute Gasteiger partial charge is 0.349 e. The summed E-state index contributed by atoms with van der Waals surface area (Å²) >= 11 is 0.999. The molecule has 0 bridgehead atoms. The van der Waals surface area contributed by atoms with Gasteiger partial charge in [-0.1, -0.05) is 0 Å². The number of halogens is 2. The normalized spacial score (nSPS) is 11.2. The van der Waals surface area contributed by atoms with Crippen LogP contribution in [0.25, 0.3) is 6.08 Å². The number of aromatic nitrogens is 1. The van der Waals surface area contributed by atoms with Gasteiger partial charge in [0.05, 0.1) is 17.5 Å². The molecule has 6 nitrogen and oxygen atoms in total. The minimum absolute atomic E-state index is 0.105. The fourth-order valence-corrected chi connectivity index (χ4v) is 2.91. The summed E-state index contributed by atoms with van der Waals surface area (Å²) < 4.78 is 32.2. The molecule has 1 amide bonds. The predicted octanol–water partition coefficient (Wildman–Crippen LogP) is 3.96. The van der Waals surface area contributed by atoms with E-state index in [1.165, 1.54) is 18.4 Å². The largest absolute Gasteiger partial charge is 0.459 e. The van der Waals surface area contributed by atoms with Crippen molar-refractivity contribution in [3.05, 3.63) is 46.5 Å². The molecule has 27 heavy (non-hydrogen) atoms. The minimum Gasteiger partial charge on any atom is -0.459 e. The Morgan fingerprint density at radius 3 is 2.63 bits per heavy atom. The number of nitrogens with zero attached hydrogens (tertiary/aromatic N) is 3. The number of carbonyl (C=O) groups excluding carboxylic acids is 2. The van der Waals surface area contributed by atoms with Gasteiger partial charge < -0.3 is 4.74 Å². The molecule has 1 heterocycles. The molecule has 9 heteroatoms. The van der Waals surface area contributed by atoms with E-state index in [0.29, 0.717) is 6.07 Å². The van der Waals surface area contributed by atoms with E-state index in [-0.39, 0.29) is 22.1 Å². The van der Waals surface area contributed by atoms with E-state index in [0.717, 1.165) is 28.4 Å². The summed E-state index contributed by atoms with van der Waals surface area (Å²) in [6.07, 6.45) is 0.819. The quantitative estimate of drug-likeness (QED) is 0.438. The van der Waals surface area contributed by atoms with Gasteiger partial charge in [-0.25, -0.2) is 18.6 Å². The molecule has 0 saturated carbocycles. The first kappa shape index (κ1) is 20.2. The summed E-state index contributed by atoms with van der Waals surface area (Å²) in [4.78, 5) is 29.0. The molecular weight excluding hydrogens is 376 g/mol. The van der Waals surface area contributed by atoms with Gasteiger partial charge >= 0.3 is 5.97 Å². The Kier molecular flexibility index (Phi) is 6.36. The van der Waals surface area contributed by atoms with Crippen molar-refractivity contribution in [2.45, 2.75) is 26.9 Å². The number of amides is 1. The van der Waals surface area contributed by atoms with Gasteiger partial charge in [-0.15, -0.1) is 11.3 Å². The standard InChI is InChI=1S/C18H15F2N3O3S/c1-10(2)26-17(25)12(8-21)6-14-9-27-18(22-14)23(11(3)24)16-5-4-13(19)7-15(16)20/h4-7,9-10H,1-3H3/b12-6-. The molecule has 0 fully saturated rings. The number of nitriles is 1. The molecule has 0 aliphatic carbocycles. The highest BCUT2D eigenvalue weighted by molar-refractivity contribution is 7.14. The molecule has 2 rings (SSSR count). The van der Waals surface area contributed by atoms with Crippen LogP contribution >= 0.6 is 11.3 Å². The van der Waals surface area contributed by atoms with Crippen molar-refractivity contribution in [3.63, 3.8) is 0 Å². The highest BCUT2D eigenvalue weighted by Gasteiger charge is 2.22. The van der Waals surface area contributed by atoms with Gasteiger partial charge in [-0.3, -0.25) is 9.69 Å². The third-order valence-electron chi connectivity index (χ3n) is 3.14. The summed E-state index contributed by atoms with van der Waals surface area (Å²) in [5.41, 5.74) is -0.197. The van der Waals surface area contributed by atoms with Crippen molar-refractivity contribution >= 4 is 40.1 Å². The zero-order valence-corrected chi connectivity index (χ0v) is 15.5. The Bertz CT molecular complexity index is 948. The third kappa shape index (κ3) is 4.95. The molecule has 2 aromatic rings. The zero-order valence-electron chi connectivity index (χ0n) is 14.7. The third-order valence-corrected chi connectivity index (χ3v) is 3.99. The van der Waals surface area contributed by atoms with Crippen LogP contribution in [0, 0.1) is 23.0 Å². The SMILES string of the molecule is CC(=O)N(c1nc(/C=C(/C#N)C(=O)OC(C)C)cs1)c1ccc(F)cc1F. The molecule has 0 unspecified atom stereocenters. The monoisotopic (exact) mass is 391 g/mol. The Labute approximate surface area is 158 Å². The average molecular weight is 391 g/mol. The Hall–Kier alpha value is -3.12. The molecule has 0 aliphatic heterocycles. The second-order valence-corrected chi connectivity index (χ2v) is 6.47. The van der Waals surface area contributed by atoms with Gasteiger partial charge in [0.2, 0.25) is 5.91 Å². The maximum atomic E-state index is 14.1. The van der Waals surface area contributed by atoms with Crippen molar-refractivity contribution in [1.29, 1.82) is 5.26 Å². The van der Waals surface area contributed by atoms with Gasteiger partial charge in [0.25, 0.3) is 0 Å². The molecular formula is C18H15F2N3O3S. The first-order chi connectivity index (χ1) is 12.7. The topological polar surface area (TPSA) is 83.3 Å². The van der Waals surface area contributed by atoms with E-state index >= 15 is 0 Å². The van der Waals surface area contributed by atoms with Gasteiger partial charge in [0.1, 0.15) is 23.3 Å². The number of ether oxygens (including phenoxy) is 1. The summed E-state index contributed by atoms with van der Waals surface area (Å²) in [5.74, 6) is -3.03. The van der Waals surface area contributed by atoms with Crippen molar-refractivity contribution in [3.8, 4) is 6.07 Å². The van der Waals surface area contributed by atoms with Gasteiger partial charge in [-0.2, -0.15) is 5.26 Å². The van der Waals surface area contributed by atoms with E-state index < -0.39 is 29.6 Å². The highest BCUT2D eigenvalue weighted by atomic mass is 32.1. The average Bonchev–Trinajstić information content (AvgIpc) is 3.02. The fourth-order valence-electron chi connectivity index (χ4n) is 2.08. The summed E-state index contributed by atoms with van der Waals surface area (Å²) in [6, 6.07) is 4.55. The van der Waals surface area contributed by atoms with Gasteiger partial charge in [0.15, 0.2) is 5.13 Å². The molecule has 140 valence electrons. The van der Waals surface area contributed by atoms with Crippen LogP contribution in [0.4, 0.5) is 19.6 Å². The van der Waals surface area contributed by atoms with E-state index in [1.807, 2.05) is 0 Å². The lowest BCUT2D eigenvalue weighted by Crippen LogP contribution is -2.23. The molecule has 0 saturated heterocycles. The Morgan fingerprint density at radius 1 is 1.37 bits per heavy atom.